The standard InChI is InChI=1S/C31H27N3O6/c1-19-7-8-20(2)34(19)22-9-11-23(12-10-22)38-18-25-14-16-29(40-25)30(35)33-32-17-24-13-15-28(39-24)26-5-4-6-27(21(26)3)31(36)37/h4-17H,18H2,1-3H3,(H,33,35)(H,36,37)/b32-17+. The Morgan fingerprint density at radius 2 is 1.68 bits per heavy atom. The molecule has 5 aromatic rings. The first-order chi connectivity index (χ1) is 19.3. The van der Waals surface area contributed by atoms with Crippen molar-refractivity contribution in [2.24, 2.45) is 5.10 Å². The summed E-state index contributed by atoms with van der Waals surface area (Å²) in [4.78, 5) is 23.8. The van der Waals surface area contributed by atoms with Crippen LogP contribution < -0.4 is 10.2 Å². The van der Waals surface area contributed by atoms with E-state index >= 15 is 0 Å². The second-order valence-corrected chi connectivity index (χ2v) is 9.18. The molecule has 5 rings (SSSR count). The van der Waals surface area contributed by atoms with Gasteiger partial charge in [-0.25, -0.2) is 10.2 Å². The number of aryl methyl sites for hydroxylation is 2. The zero-order chi connectivity index (χ0) is 28.2. The monoisotopic (exact) mass is 537 g/mol. The Labute approximate surface area is 230 Å². The smallest absolute Gasteiger partial charge is 0.335 e. The molecule has 0 radical (unpaired) electrons. The van der Waals surface area contributed by atoms with Gasteiger partial charge in [0.05, 0.1) is 11.8 Å². The van der Waals surface area contributed by atoms with E-state index in [2.05, 4.69) is 41.1 Å². The van der Waals surface area contributed by atoms with Gasteiger partial charge in [-0.15, -0.1) is 0 Å². The van der Waals surface area contributed by atoms with E-state index in [1.165, 1.54) is 12.3 Å². The van der Waals surface area contributed by atoms with Crippen molar-refractivity contribution in [1.82, 2.24) is 9.99 Å². The second kappa shape index (κ2) is 11.2. The van der Waals surface area contributed by atoms with E-state index in [9.17, 15) is 14.7 Å². The molecule has 40 heavy (non-hydrogen) atoms. The van der Waals surface area contributed by atoms with Gasteiger partial charge in [-0.1, -0.05) is 12.1 Å². The zero-order valence-corrected chi connectivity index (χ0v) is 22.2. The maximum Gasteiger partial charge on any atom is 0.335 e. The molecule has 0 aliphatic carbocycles. The molecule has 9 nitrogen and oxygen atoms in total. The first-order valence-corrected chi connectivity index (χ1v) is 12.5. The summed E-state index contributed by atoms with van der Waals surface area (Å²) in [5, 5.41) is 13.3. The van der Waals surface area contributed by atoms with Crippen molar-refractivity contribution in [1.29, 1.82) is 0 Å². The first-order valence-electron chi connectivity index (χ1n) is 12.5. The third-order valence-corrected chi connectivity index (χ3v) is 6.45. The minimum atomic E-state index is -1.00. The van der Waals surface area contributed by atoms with Gasteiger partial charge in [-0.2, -0.15) is 5.10 Å². The number of amides is 1. The number of nitrogens with zero attached hydrogens (tertiary/aromatic N) is 2. The predicted molar refractivity (Wildman–Crippen MR) is 149 cm³/mol. The van der Waals surface area contributed by atoms with Crippen LogP contribution >= 0.6 is 0 Å². The quantitative estimate of drug-likeness (QED) is 0.168. The number of hydrogen-bond donors (Lipinski definition) is 2. The Morgan fingerprint density at radius 1 is 0.925 bits per heavy atom. The summed E-state index contributed by atoms with van der Waals surface area (Å²) in [5.41, 5.74) is 7.23. The van der Waals surface area contributed by atoms with Crippen molar-refractivity contribution < 1.29 is 28.3 Å². The molecule has 0 unspecified atom stereocenters. The molecule has 0 aliphatic rings. The van der Waals surface area contributed by atoms with Crippen LogP contribution in [0.2, 0.25) is 0 Å². The third kappa shape index (κ3) is 5.58. The number of rotatable bonds is 9. The fourth-order valence-electron chi connectivity index (χ4n) is 4.41. The van der Waals surface area contributed by atoms with Crippen molar-refractivity contribution in [3.63, 3.8) is 0 Å². The average molecular weight is 538 g/mol. The van der Waals surface area contributed by atoms with Gasteiger partial charge in [-0.3, -0.25) is 4.79 Å². The van der Waals surface area contributed by atoms with Gasteiger partial charge in [-0.05, 0) is 93.1 Å². The van der Waals surface area contributed by atoms with Crippen LogP contribution in [0.25, 0.3) is 17.0 Å². The van der Waals surface area contributed by atoms with Crippen molar-refractivity contribution in [2.75, 3.05) is 0 Å². The van der Waals surface area contributed by atoms with E-state index < -0.39 is 11.9 Å². The van der Waals surface area contributed by atoms with Crippen molar-refractivity contribution in [3.8, 4) is 22.8 Å². The van der Waals surface area contributed by atoms with Gasteiger partial charge in [0.2, 0.25) is 0 Å². The highest BCUT2D eigenvalue weighted by molar-refractivity contribution is 5.93. The summed E-state index contributed by atoms with van der Waals surface area (Å²) in [6.45, 7) is 6.01. The zero-order valence-electron chi connectivity index (χ0n) is 22.2. The van der Waals surface area contributed by atoms with Crippen LogP contribution in [0.5, 0.6) is 5.75 Å². The van der Waals surface area contributed by atoms with Crippen LogP contribution in [0, 0.1) is 20.8 Å². The van der Waals surface area contributed by atoms with Gasteiger partial charge in [0.15, 0.2) is 5.76 Å². The number of aromatic carboxylic acids is 1. The van der Waals surface area contributed by atoms with Crippen molar-refractivity contribution >= 4 is 18.1 Å². The molecule has 0 saturated carbocycles. The van der Waals surface area contributed by atoms with E-state index in [0.29, 0.717) is 34.2 Å². The van der Waals surface area contributed by atoms with E-state index in [1.807, 2.05) is 24.3 Å². The Bertz CT molecular complexity index is 1690. The lowest BCUT2D eigenvalue weighted by molar-refractivity contribution is 0.0696. The minimum Gasteiger partial charge on any atom is -0.486 e. The molecular formula is C31H27N3O6. The van der Waals surface area contributed by atoms with E-state index in [4.69, 9.17) is 13.6 Å². The molecular weight excluding hydrogens is 510 g/mol. The molecule has 0 fully saturated rings. The molecule has 9 heteroatoms. The molecule has 2 aromatic carbocycles. The number of carboxylic acids is 1. The lowest BCUT2D eigenvalue weighted by atomic mass is 10.0. The summed E-state index contributed by atoms with van der Waals surface area (Å²) in [7, 11) is 0. The number of aromatic nitrogens is 1. The highest BCUT2D eigenvalue weighted by Gasteiger charge is 2.14. The topological polar surface area (TPSA) is 119 Å². The molecule has 0 aliphatic heterocycles. The molecule has 0 bridgehead atoms. The van der Waals surface area contributed by atoms with Crippen LogP contribution in [0.3, 0.4) is 0 Å². The van der Waals surface area contributed by atoms with Gasteiger partial charge >= 0.3 is 11.9 Å². The fraction of sp³-hybridized carbons (Fsp3) is 0.129. The molecule has 1 amide bonds. The molecule has 3 aromatic heterocycles. The number of carbonyl (C=O) groups is 2. The Hall–Kier alpha value is -5.31. The van der Waals surface area contributed by atoms with Gasteiger partial charge in [0, 0.05) is 22.6 Å². The first kappa shape index (κ1) is 26.3. The van der Waals surface area contributed by atoms with Gasteiger partial charge in [0.1, 0.15) is 29.6 Å². The Morgan fingerprint density at radius 3 is 2.40 bits per heavy atom. The van der Waals surface area contributed by atoms with Crippen molar-refractivity contribution in [2.45, 2.75) is 27.4 Å². The predicted octanol–water partition coefficient (Wildman–Crippen LogP) is 6.30. The highest BCUT2D eigenvalue weighted by Crippen LogP contribution is 2.27. The normalized spacial score (nSPS) is 11.2. The summed E-state index contributed by atoms with van der Waals surface area (Å²) in [5.74, 6) is 0.610. The number of ether oxygens (including phenoxy) is 1. The maximum absolute atomic E-state index is 12.5. The summed E-state index contributed by atoms with van der Waals surface area (Å²) in [6, 6.07) is 23.5. The second-order valence-electron chi connectivity index (χ2n) is 9.18. The molecule has 2 N–H and O–H groups in total. The average Bonchev–Trinajstić information content (AvgIpc) is 3.68. The van der Waals surface area contributed by atoms with E-state index in [1.54, 1.807) is 43.3 Å². The molecule has 0 saturated heterocycles. The number of benzene rings is 2. The van der Waals surface area contributed by atoms with Crippen LogP contribution in [0.4, 0.5) is 0 Å². The molecule has 0 atom stereocenters. The summed E-state index contributed by atoms with van der Waals surface area (Å²) < 4.78 is 19.3. The molecule has 0 spiro atoms. The number of furan rings is 2. The summed E-state index contributed by atoms with van der Waals surface area (Å²) >= 11 is 0. The fourth-order valence-corrected chi connectivity index (χ4v) is 4.41. The van der Waals surface area contributed by atoms with Gasteiger partial charge < -0.3 is 23.2 Å². The Kier molecular flexibility index (Phi) is 7.37. The molecule has 202 valence electrons. The number of carbonyl (C=O) groups excluding carboxylic acids is 1. The van der Waals surface area contributed by atoms with E-state index in [0.717, 1.165) is 17.1 Å². The SMILES string of the molecule is Cc1c(C(=O)O)cccc1-c1ccc(/C=N/NC(=O)c2ccc(COc3ccc(-n4c(C)ccc4C)cc3)o2)o1. The van der Waals surface area contributed by atoms with Crippen LogP contribution in [-0.2, 0) is 6.61 Å². The Balaban J connectivity index is 1.15. The highest BCUT2D eigenvalue weighted by atomic mass is 16.5. The van der Waals surface area contributed by atoms with E-state index in [-0.39, 0.29) is 17.9 Å². The largest absolute Gasteiger partial charge is 0.486 e. The number of hydrazone groups is 1. The summed E-state index contributed by atoms with van der Waals surface area (Å²) in [6.07, 6.45) is 1.35. The van der Waals surface area contributed by atoms with Crippen LogP contribution in [0.15, 0.2) is 92.8 Å². The lowest BCUT2D eigenvalue weighted by Crippen LogP contribution is -2.16. The van der Waals surface area contributed by atoms with Gasteiger partial charge in [0.25, 0.3) is 0 Å². The third-order valence-electron chi connectivity index (χ3n) is 6.45. The molecule has 3 heterocycles. The van der Waals surface area contributed by atoms with Crippen LogP contribution in [0.1, 0.15) is 49.4 Å². The van der Waals surface area contributed by atoms with Crippen molar-refractivity contribution in [3.05, 3.63) is 119 Å². The minimum absolute atomic E-state index is 0.0888. The lowest BCUT2D eigenvalue weighted by Gasteiger charge is -2.10. The number of nitrogens with one attached hydrogen (secondary N) is 1. The number of carboxylic acid groups (broad SMARTS) is 1. The number of hydrogen-bond acceptors (Lipinski definition) is 6. The van der Waals surface area contributed by atoms with Crippen LogP contribution in [-0.4, -0.2) is 27.8 Å². The maximum atomic E-state index is 12.5.